The lowest BCUT2D eigenvalue weighted by molar-refractivity contribution is -0.113. The smallest absolute Gasteiger partial charge is 0.272 e. The predicted molar refractivity (Wildman–Crippen MR) is 130 cm³/mol. The summed E-state index contributed by atoms with van der Waals surface area (Å²) in [5.74, 6) is -0.722. The van der Waals surface area contributed by atoms with Crippen LogP contribution in [0.2, 0.25) is 0 Å². The van der Waals surface area contributed by atoms with Crippen LogP contribution in [0.5, 0.6) is 0 Å². The third-order valence-corrected chi connectivity index (χ3v) is 5.21. The molecule has 0 spiro atoms. The molecule has 2 amide bonds. The molecule has 0 radical (unpaired) electrons. The molecule has 4 rings (SSSR count). The third-order valence-electron chi connectivity index (χ3n) is 5.21. The highest BCUT2D eigenvalue weighted by molar-refractivity contribution is 6.11. The van der Waals surface area contributed by atoms with E-state index in [1.807, 2.05) is 92.7 Å². The van der Waals surface area contributed by atoms with Crippen molar-refractivity contribution in [2.75, 3.05) is 5.32 Å². The molecule has 0 atom stereocenters. The third kappa shape index (κ3) is 4.93. The Morgan fingerprint density at radius 3 is 2.25 bits per heavy atom. The molecule has 0 aliphatic heterocycles. The van der Waals surface area contributed by atoms with Crippen molar-refractivity contribution in [3.63, 3.8) is 0 Å². The molecule has 4 heteroatoms. The van der Waals surface area contributed by atoms with Crippen molar-refractivity contribution < 1.29 is 9.59 Å². The summed E-state index contributed by atoms with van der Waals surface area (Å²) in [6.07, 6.45) is 1.72. The predicted octanol–water partition coefficient (Wildman–Crippen LogP) is 5.87. The second-order valence-electron chi connectivity index (χ2n) is 7.77. The van der Waals surface area contributed by atoms with Crippen molar-refractivity contribution in [2.24, 2.45) is 0 Å². The Balaban J connectivity index is 1.71. The van der Waals surface area contributed by atoms with E-state index in [4.69, 9.17) is 0 Å². The molecule has 4 aromatic rings. The minimum atomic E-state index is -0.385. The lowest BCUT2D eigenvalue weighted by Gasteiger charge is -2.12. The van der Waals surface area contributed by atoms with E-state index in [0.29, 0.717) is 11.3 Å². The van der Waals surface area contributed by atoms with E-state index in [0.717, 1.165) is 27.5 Å². The van der Waals surface area contributed by atoms with Crippen molar-refractivity contribution in [1.29, 1.82) is 0 Å². The second-order valence-corrected chi connectivity index (χ2v) is 7.77. The Morgan fingerprint density at radius 1 is 0.750 bits per heavy atom. The molecule has 0 saturated carbocycles. The first-order valence-electron chi connectivity index (χ1n) is 10.4. The minimum Gasteiger partial charge on any atom is -0.321 e. The topological polar surface area (TPSA) is 58.2 Å². The van der Waals surface area contributed by atoms with Crippen molar-refractivity contribution >= 4 is 34.4 Å². The maximum atomic E-state index is 13.2. The molecule has 0 aliphatic carbocycles. The number of benzene rings is 4. The lowest BCUT2D eigenvalue weighted by Crippen LogP contribution is -2.30. The van der Waals surface area contributed by atoms with E-state index in [1.165, 1.54) is 0 Å². The Morgan fingerprint density at radius 2 is 1.47 bits per heavy atom. The Labute approximate surface area is 187 Å². The molecule has 0 bridgehead atoms. The van der Waals surface area contributed by atoms with Crippen LogP contribution in [0.15, 0.2) is 96.7 Å². The first kappa shape index (κ1) is 21.1. The maximum absolute atomic E-state index is 13.2. The highest BCUT2D eigenvalue weighted by Crippen LogP contribution is 2.21. The zero-order chi connectivity index (χ0) is 22.5. The molecule has 0 unspecified atom stereocenters. The van der Waals surface area contributed by atoms with Gasteiger partial charge in [0, 0.05) is 11.3 Å². The molecular formula is C28H24N2O2. The molecule has 4 aromatic carbocycles. The second kappa shape index (κ2) is 9.31. The SMILES string of the molecule is Cc1ccc(C(=O)NC(=Cc2cccc3ccccc23)C(=O)Nc2cccc(C)c2)cc1. The summed E-state index contributed by atoms with van der Waals surface area (Å²) in [5.41, 5.74) is 4.28. The zero-order valence-corrected chi connectivity index (χ0v) is 18.1. The molecule has 0 saturated heterocycles. The van der Waals surface area contributed by atoms with E-state index in [-0.39, 0.29) is 17.5 Å². The average molecular weight is 421 g/mol. The van der Waals surface area contributed by atoms with Gasteiger partial charge in [-0.2, -0.15) is 0 Å². The Bertz CT molecular complexity index is 1320. The van der Waals surface area contributed by atoms with Gasteiger partial charge in [0.1, 0.15) is 5.70 Å². The number of carbonyl (C=O) groups excluding carboxylic acids is 2. The summed E-state index contributed by atoms with van der Waals surface area (Å²) < 4.78 is 0. The fourth-order valence-electron chi connectivity index (χ4n) is 3.51. The van der Waals surface area contributed by atoms with E-state index in [9.17, 15) is 9.59 Å². The Kier molecular flexibility index (Phi) is 6.13. The van der Waals surface area contributed by atoms with Crippen molar-refractivity contribution in [3.8, 4) is 0 Å². The number of fused-ring (bicyclic) bond motifs is 1. The average Bonchev–Trinajstić information content (AvgIpc) is 2.79. The molecule has 2 N–H and O–H groups in total. The molecule has 158 valence electrons. The maximum Gasteiger partial charge on any atom is 0.272 e. The van der Waals surface area contributed by atoms with Gasteiger partial charge >= 0.3 is 0 Å². The highest BCUT2D eigenvalue weighted by Gasteiger charge is 2.16. The first-order valence-corrected chi connectivity index (χ1v) is 10.4. The van der Waals surface area contributed by atoms with Crippen LogP contribution in [0, 0.1) is 13.8 Å². The van der Waals surface area contributed by atoms with Crippen LogP contribution >= 0.6 is 0 Å². The van der Waals surface area contributed by atoms with Gasteiger partial charge in [0.2, 0.25) is 0 Å². The first-order chi connectivity index (χ1) is 15.5. The molecule has 0 aromatic heterocycles. The number of anilines is 1. The molecule has 4 nitrogen and oxygen atoms in total. The fourth-order valence-corrected chi connectivity index (χ4v) is 3.51. The van der Waals surface area contributed by atoms with E-state index in [2.05, 4.69) is 10.6 Å². The van der Waals surface area contributed by atoms with Gasteiger partial charge in [0.15, 0.2) is 0 Å². The zero-order valence-electron chi connectivity index (χ0n) is 18.1. The molecule has 32 heavy (non-hydrogen) atoms. The number of aryl methyl sites for hydroxylation is 2. The van der Waals surface area contributed by atoms with Crippen LogP contribution in [0.3, 0.4) is 0 Å². The van der Waals surface area contributed by atoms with Crippen molar-refractivity contribution in [1.82, 2.24) is 5.32 Å². The summed E-state index contributed by atoms with van der Waals surface area (Å²) in [6.45, 7) is 3.92. The van der Waals surface area contributed by atoms with Crippen LogP contribution in [-0.2, 0) is 4.79 Å². The van der Waals surface area contributed by atoms with Gasteiger partial charge < -0.3 is 10.6 Å². The van der Waals surface area contributed by atoms with Crippen LogP contribution in [0.4, 0.5) is 5.69 Å². The van der Waals surface area contributed by atoms with Gasteiger partial charge in [-0.25, -0.2) is 0 Å². The largest absolute Gasteiger partial charge is 0.321 e. The highest BCUT2D eigenvalue weighted by atomic mass is 16.2. The van der Waals surface area contributed by atoms with Crippen LogP contribution in [-0.4, -0.2) is 11.8 Å². The van der Waals surface area contributed by atoms with Gasteiger partial charge in [-0.3, -0.25) is 9.59 Å². The van der Waals surface area contributed by atoms with Crippen LogP contribution in [0.25, 0.3) is 16.8 Å². The van der Waals surface area contributed by atoms with Gasteiger partial charge in [0.05, 0.1) is 0 Å². The molecule has 0 aliphatic rings. The quantitative estimate of drug-likeness (QED) is 0.397. The number of amides is 2. The van der Waals surface area contributed by atoms with Gasteiger partial charge in [-0.1, -0.05) is 72.3 Å². The van der Waals surface area contributed by atoms with E-state index < -0.39 is 0 Å². The summed E-state index contributed by atoms with van der Waals surface area (Å²) in [5, 5.41) is 7.77. The summed E-state index contributed by atoms with van der Waals surface area (Å²) in [6, 6.07) is 28.6. The van der Waals surface area contributed by atoms with Crippen LogP contribution in [0.1, 0.15) is 27.0 Å². The normalized spacial score (nSPS) is 11.2. The summed E-state index contributed by atoms with van der Waals surface area (Å²) >= 11 is 0. The van der Waals surface area contributed by atoms with E-state index in [1.54, 1.807) is 18.2 Å². The standard InChI is InChI=1S/C28H24N2O2/c1-19-13-15-22(16-14-19)27(31)30-26(28(32)29-24-11-5-7-20(2)17-24)18-23-10-6-9-21-8-3-4-12-25(21)23/h3-18H,1-2H3,(H,29,32)(H,30,31). The lowest BCUT2D eigenvalue weighted by atomic mass is 10.0. The monoisotopic (exact) mass is 420 g/mol. The van der Waals surface area contributed by atoms with Crippen LogP contribution < -0.4 is 10.6 Å². The van der Waals surface area contributed by atoms with Gasteiger partial charge in [-0.05, 0) is 66.1 Å². The number of hydrogen-bond acceptors (Lipinski definition) is 2. The van der Waals surface area contributed by atoms with Gasteiger partial charge in [-0.15, -0.1) is 0 Å². The fraction of sp³-hybridized carbons (Fsp3) is 0.0714. The molecule has 0 heterocycles. The Hall–Kier alpha value is -4.18. The van der Waals surface area contributed by atoms with Crippen molar-refractivity contribution in [2.45, 2.75) is 13.8 Å². The molecule has 0 fully saturated rings. The number of carbonyl (C=O) groups is 2. The number of hydrogen-bond donors (Lipinski definition) is 2. The summed E-state index contributed by atoms with van der Waals surface area (Å²) in [7, 11) is 0. The van der Waals surface area contributed by atoms with Gasteiger partial charge in [0.25, 0.3) is 11.8 Å². The van der Waals surface area contributed by atoms with Crippen molar-refractivity contribution in [3.05, 3.63) is 119 Å². The molecular weight excluding hydrogens is 396 g/mol. The minimum absolute atomic E-state index is 0.174. The number of rotatable bonds is 5. The number of nitrogens with one attached hydrogen (secondary N) is 2. The summed E-state index contributed by atoms with van der Waals surface area (Å²) in [4.78, 5) is 26.1. The van der Waals surface area contributed by atoms with E-state index >= 15 is 0 Å².